The summed E-state index contributed by atoms with van der Waals surface area (Å²) in [6.07, 6.45) is 9.02. The van der Waals surface area contributed by atoms with Gasteiger partial charge in [-0.2, -0.15) is 5.10 Å². The maximum absolute atomic E-state index is 12.6. The Kier molecular flexibility index (Phi) is 6.84. The van der Waals surface area contributed by atoms with Gasteiger partial charge in [-0.05, 0) is 31.7 Å². The molecule has 2 rings (SSSR count). The first kappa shape index (κ1) is 19.3. The summed E-state index contributed by atoms with van der Waals surface area (Å²) in [4.78, 5) is 18.6. The van der Waals surface area contributed by atoms with Crippen molar-refractivity contribution in [2.24, 2.45) is 10.4 Å². The van der Waals surface area contributed by atoms with E-state index < -0.39 is 0 Å². The second-order valence-electron chi connectivity index (χ2n) is 7.17. The number of rotatable bonds is 7. The predicted octanol–water partition coefficient (Wildman–Crippen LogP) is 1.40. The van der Waals surface area contributed by atoms with E-state index in [0.717, 1.165) is 51.2 Å². The lowest BCUT2D eigenvalue weighted by molar-refractivity contribution is -0.138. The lowest BCUT2D eigenvalue weighted by Crippen LogP contribution is -2.49. The van der Waals surface area contributed by atoms with Crippen molar-refractivity contribution < 1.29 is 4.79 Å². The van der Waals surface area contributed by atoms with Gasteiger partial charge in [-0.15, -0.1) is 0 Å². The molecule has 1 aromatic rings. The van der Waals surface area contributed by atoms with Crippen molar-refractivity contribution in [1.29, 1.82) is 0 Å². The molecule has 7 heteroatoms. The fraction of sp³-hybridized carbons (Fsp3) is 0.722. The molecule has 0 saturated heterocycles. The Morgan fingerprint density at radius 3 is 2.64 bits per heavy atom. The molecular weight excluding hydrogens is 316 g/mol. The van der Waals surface area contributed by atoms with Crippen LogP contribution in [0.4, 0.5) is 0 Å². The molecule has 1 fully saturated rings. The Morgan fingerprint density at radius 1 is 1.36 bits per heavy atom. The first-order valence-corrected chi connectivity index (χ1v) is 9.12. The Labute approximate surface area is 150 Å². The van der Waals surface area contributed by atoms with Crippen LogP contribution in [-0.2, 0) is 11.3 Å². The number of aliphatic imine (C=N–C) groups is 1. The van der Waals surface area contributed by atoms with Gasteiger partial charge in [0, 0.05) is 47.0 Å². The molecule has 1 saturated carbocycles. The molecule has 7 nitrogen and oxygen atoms in total. The zero-order valence-electron chi connectivity index (χ0n) is 16.0. The first-order chi connectivity index (χ1) is 12.0. The van der Waals surface area contributed by atoms with E-state index in [4.69, 9.17) is 0 Å². The Morgan fingerprint density at radius 2 is 2.08 bits per heavy atom. The summed E-state index contributed by atoms with van der Waals surface area (Å²) in [5.74, 6) is 0.983. The molecule has 25 heavy (non-hydrogen) atoms. The third-order valence-corrected chi connectivity index (χ3v) is 4.86. The van der Waals surface area contributed by atoms with E-state index >= 15 is 0 Å². The zero-order valence-corrected chi connectivity index (χ0v) is 16.0. The van der Waals surface area contributed by atoms with Crippen molar-refractivity contribution in [3.8, 4) is 0 Å². The van der Waals surface area contributed by atoms with Gasteiger partial charge >= 0.3 is 0 Å². The van der Waals surface area contributed by atoms with Gasteiger partial charge in [0.2, 0.25) is 5.91 Å². The van der Waals surface area contributed by atoms with Gasteiger partial charge in [-0.25, -0.2) is 0 Å². The third-order valence-electron chi connectivity index (χ3n) is 4.86. The monoisotopic (exact) mass is 348 g/mol. The highest BCUT2D eigenvalue weighted by Crippen LogP contribution is 2.38. The van der Waals surface area contributed by atoms with Crippen molar-refractivity contribution in [3.05, 3.63) is 18.0 Å². The molecule has 0 unspecified atom stereocenters. The lowest BCUT2D eigenvalue weighted by Gasteiger charge is -2.31. The molecular formula is C18H32N6O. The smallest absolute Gasteiger partial charge is 0.230 e. The molecule has 0 bridgehead atoms. The van der Waals surface area contributed by atoms with E-state index in [0.29, 0.717) is 6.54 Å². The van der Waals surface area contributed by atoms with Crippen molar-refractivity contribution in [2.75, 3.05) is 34.2 Å². The van der Waals surface area contributed by atoms with Crippen LogP contribution in [0.1, 0.15) is 37.7 Å². The number of nitrogens with one attached hydrogen (secondary N) is 2. The molecule has 0 atom stereocenters. The third kappa shape index (κ3) is 5.21. The maximum Gasteiger partial charge on any atom is 0.230 e. The summed E-state index contributed by atoms with van der Waals surface area (Å²) >= 11 is 0. The van der Waals surface area contributed by atoms with Gasteiger partial charge in [0.1, 0.15) is 0 Å². The number of hydrogen-bond acceptors (Lipinski definition) is 3. The number of amides is 1. The van der Waals surface area contributed by atoms with Gasteiger partial charge in [0.25, 0.3) is 0 Å². The van der Waals surface area contributed by atoms with E-state index in [1.807, 2.05) is 38.1 Å². The second kappa shape index (κ2) is 8.87. The van der Waals surface area contributed by atoms with E-state index in [9.17, 15) is 4.79 Å². The van der Waals surface area contributed by atoms with Crippen molar-refractivity contribution in [3.63, 3.8) is 0 Å². The van der Waals surface area contributed by atoms with E-state index in [1.54, 1.807) is 11.9 Å². The van der Waals surface area contributed by atoms with Crippen LogP contribution in [0.2, 0.25) is 0 Å². The van der Waals surface area contributed by atoms with Crippen molar-refractivity contribution in [2.45, 2.75) is 45.6 Å². The highest BCUT2D eigenvalue weighted by atomic mass is 16.2. The average Bonchev–Trinajstić information content (AvgIpc) is 3.23. The van der Waals surface area contributed by atoms with Crippen LogP contribution < -0.4 is 10.6 Å². The van der Waals surface area contributed by atoms with Crippen LogP contribution in [0.25, 0.3) is 0 Å². The molecule has 1 aromatic heterocycles. The predicted molar refractivity (Wildman–Crippen MR) is 101 cm³/mol. The fourth-order valence-electron chi connectivity index (χ4n) is 3.50. The number of carbonyl (C=O) groups is 1. The van der Waals surface area contributed by atoms with Gasteiger partial charge in [-0.3, -0.25) is 14.5 Å². The molecule has 1 heterocycles. The SMILES string of the molecule is CN=C(NCCCn1cc(C)cn1)NCC1(C(=O)N(C)C)CCCC1. The van der Waals surface area contributed by atoms with Gasteiger partial charge < -0.3 is 15.5 Å². The molecule has 0 radical (unpaired) electrons. The minimum Gasteiger partial charge on any atom is -0.356 e. The van der Waals surface area contributed by atoms with Crippen molar-refractivity contribution >= 4 is 11.9 Å². The number of aryl methyl sites for hydroxylation is 2. The van der Waals surface area contributed by atoms with Gasteiger partial charge in [0.05, 0.1) is 11.6 Å². The van der Waals surface area contributed by atoms with Gasteiger partial charge in [-0.1, -0.05) is 12.8 Å². The van der Waals surface area contributed by atoms with Crippen LogP contribution in [0, 0.1) is 12.3 Å². The summed E-state index contributed by atoms with van der Waals surface area (Å²) in [5, 5.41) is 11.0. The number of carbonyl (C=O) groups excluding carboxylic acids is 1. The molecule has 0 aliphatic heterocycles. The standard InChI is InChI=1S/C18H32N6O/c1-15-12-22-24(13-15)11-7-10-20-17(19-2)21-14-18(8-5-6-9-18)16(25)23(3)4/h12-13H,5-11,14H2,1-4H3,(H2,19,20,21). The lowest BCUT2D eigenvalue weighted by atomic mass is 9.84. The molecule has 140 valence electrons. The maximum atomic E-state index is 12.6. The largest absolute Gasteiger partial charge is 0.356 e. The van der Waals surface area contributed by atoms with Crippen LogP contribution in [0.5, 0.6) is 0 Å². The Bertz CT molecular complexity index is 586. The summed E-state index contributed by atoms with van der Waals surface area (Å²) in [5.41, 5.74) is 0.895. The first-order valence-electron chi connectivity index (χ1n) is 9.12. The molecule has 2 N–H and O–H groups in total. The summed E-state index contributed by atoms with van der Waals surface area (Å²) in [7, 11) is 5.44. The van der Waals surface area contributed by atoms with Crippen LogP contribution >= 0.6 is 0 Å². The normalized spacial score (nSPS) is 16.7. The zero-order chi connectivity index (χ0) is 18.3. The van der Waals surface area contributed by atoms with E-state index in [1.165, 1.54) is 5.56 Å². The Hall–Kier alpha value is -2.05. The summed E-state index contributed by atoms with van der Waals surface area (Å²) in [6.45, 7) is 4.37. The highest BCUT2D eigenvalue weighted by Gasteiger charge is 2.42. The fourth-order valence-corrected chi connectivity index (χ4v) is 3.50. The number of nitrogens with zero attached hydrogens (tertiary/aromatic N) is 4. The van der Waals surface area contributed by atoms with E-state index in [2.05, 4.69) is 20.7 Å². The Balaban J connectivity index is 1.78. The number of hydrogen-bond donors (Lipinski definition) is 2. The second-order valence-corrected chi connectivity index (χ2v) is 7.17. The van der Waals surface area contributed by atoms with Gasteiger partial charge in [0.15, 0.2) is 5.96 Å². The van der Waals surface area contributed by atoms with Crippen molar-refractivity contribution in [1.82, 2.24) is 25.3 Å². The summed E-state index contributed by atoms with van der Waals surface area (Å²) in [6, 6.07) is 0. The minimum atomic E-state index is -0.284. The molecule has 1 amide bonds. The quantitative estimate of drug-likeness (QED) is 0.444. The average molecular weight is 348 g/mol. The van der Waals surface area contributed by atoms with E-state index in [-0.39, 0.29) is 11.3 Å². The molecule has 0 aromatic carbocycles. The molecule has 0 spiro atoms. The molecule has 1 aliphatic carbocycles. The van der Waals surface area contributed by atoms with Crippen LogP contribution in [-0.4, -0.2) is 60.8 Å². The van der Waals surface area contributed by atoms with Crippen LogP contribution in [0.15, 0.2) is 17.4 Å². The topological polar surface area (TPSA) is 74.5 Å². The number of aromatic nitrogens is 2. The minimum absolute atomic E-state index is 0.224. The molecule has 1 aliphatic rings. The van der Waals surface area contributed by atoms with Crippen LogP contribution in [0.3, 0.4) is 0 Å². The highest BCUT2D eigenvalue weighted by molar-refractivity contribution is 5.85. The summed E-state index contributed by atoms with van der Waals surface area (Å²) < 4.78 is 1.95. The number of guanidine groups is 1.